The van der Waals surface area contributed by atoms with Crippen LogP contribution in [0.1, 0.15) is 0 Å². The lowest BCUT2D eigenvalue weighted by atomic mass is 10.2. The number of hydrogen-bond acceptors (Lipinski definition) is 5. The molecule has 90 valence electrons. The lowest BCUT2D eigenvalue weighted by Crippen LogP contribution is -2.51. The molecule has 0 aromatic heterocycles. The van der Waals surface area contributed by atoms with Gasteiger partial charge in [-0.2, -0.15) is 0 Å². The molecule has 1 N–H and O–H groups in total. The number of ether oxygens (including phenoxy) is 1. The molecule has 1 saturated heterocycles. The summed E-state index contributed by atoms with van der Waals surface area (Å²) in [7, 11) is 0. The largest absolute Gasteiger partial charge is 0.489 e. The third kappa shape index (κ3) is 2.00. The fourth-order valence-corrected chi connectivity index (χ4v) is 3.23. The van der Waals surface area contributed by atoms with Gasteiger partial charge in [0.25, 0.3) is 0 Å². The van der Waals surface area contributed by atoms with Crippen LogP contribution in [0.2, 0.25) is 0 Å². The van der Waals surface area contributed by atoms with Crippen LogP contribution in [-0.2, 0) is 0 Å². The molecule has 5 heteroatoms. The second-order valence-electron chi connectivity index (χ2n) is 4.19. The Morgan fingerprint density at radius 2 is 2.24 bits per heavy atom. The standard InChI is InChI=1S/C12H14N2O2S/c15-12(8-16-10-4-2-1-3-5-10)9-17-11-13-6-7-14(11)12/h1-5,15H,6-9H2. The molecule has 2 heterocycles. The second kappa shape index (κ2) is 4.23. The molecule has 1 unspecified atom stereocenters. The number of aliphatic imine (C=N–C) groups is 1. The summed E-state index contributed by atoms with van der Waals surface area (Å²) in [6, 6.07) is 9.57. The van der Waals surface area contributed by atoms with Crippen LogP contribution in [0.15, 0.2) is 35.3 Å². The summed E-state index contributed by atoms with van der Waals surface area (Å²) in [5.74, 6) is 1.41. The fraction of sp³-hybridized carbons (Fsp3) is 0.417. The zero-order valence-corrected chi connectivity index (χ0v) is 10.2. The molecule has 0 spiro atoms. The Kier molecular flexibility index (Phi) is 2.72. The number of rotatable bonds is 3. The number of amidine groups is 1. The van der Waals surface area contributed by atoms with Crippen molar-refractivity contribution in [2.75, 3.05) is 25.4 Å². The van der Waals surface area contributed by atoms with E-state index in [0.29, 0.717) is 5.75 Å². The molecule has 0 aliphatic carbocycles. The SMILES string of the molecule is OC1(COc2ccccc2)CSC2=NCCN21. The molecule has 1 fully saturated rings. The first kappa shape index (κ1) is 10.9. The van der Waals surface area contributed by atoms with Gasteiger partial charge in [0.2, 0.25) is 0 Å². The zero-order chi connectivity index (χ0) is 11.7. The maximum atomic E-state index is 10.5. The average molecular weight is 250 g/mol. The van der Waals surface area contributed by atoms with Gasteiger partial charge >= 0.3 is 0 Å². The van der Waals surface area contributed by atoms with Crippen LogP contribution in [-0.4, -0.2) is 46.3 Å². The van der Waals surface area contributed by atoms with Crippen LogP contribution in [0.5, 0.6) is 5.75 Å². The van der Waals surface area contributed by atoms with Crippen molar-refractivity contribution in [1.82, 2.24) is 4.90 Å². The van der Waals surface area contributed by atoms with Crippen molar-refractivity contribution in [3.05, 3.63) is 30.3 Å². The molecular weight excluding hydrogens is 236 g/mol. The van der Waals surface area contributed by atoms with Crippen LogP contribution in [0, 0.1) is 0 Å². The van der Waals surface area contributed by atoms with Gasteiger partial charge < -0.3 is 14.7 Å². The van der Waals surface area contributed by atoms with Crippen molar-refractivity contribution < 1.29 is 9.84 Å². The number of hydrogen-bond donors (Lipinski definition) is 1. The molecule has 2 aliphatic heterocycles. The minimum absolute atomic E-state index is 0.281. The molecule has 0 radical (unpaired) electrons. The Morgan fingerprint density at radius 3 is 3.06 bits per heavy atom. The summed E-state index contributed by atoms with van der Waals surface area (Å²) >= 11 is 1.60. The van der Waals surface area contributed by atoms with E-state index in [9.17, 15) is 5.11 Å². The number of para-hydroxylation sites is 1. The van der Waals surface area contributed by atoms with Gasteiger partial charge in [-0.1, -0.05) is 30.0 Å². The van der Waals surface area contributed by atoms with E-state index in [4.69, 9.17) is 4.74 Å². The minimum Gasteiger partial charge on any atom is -0.489 e. The van der Waals surface area contributed by atoms with Crippen molar-refractivity contribution in [3.63, 3.8) is 0 Å². The average Bonchev–Trinajstić information content (AvgIpc) is 2.94. The third-order valence-corrected chi connectivity index (χ3v) is 4.16. The summed E-state index contributed by atoms with van der Waals surface area (Å²) in [5.41, 5.74) is -0.907. The summed E-state index contributed by atoms with van der Waals surface area (Å²) in [6.07, 6.45) is 0. The van der Waals surface area contributed by atoms with E-state index in [1.54, 1.807) is 11.8 Å². The third-order valence-electron chi connectivity index (χ3n) is 2.95. The molecule has 0 amide bonds. The summed E-state index contributed by atoms with van der Waals surface area (Å²) < 4.78 is 5.64. The number of nitrogens with zero attached hydrogens (tertiary/aromatic N) is 2. The van der Waals surface area contributed by atoms with Crippen molar-refractivity contribution in [1.29, 1.82) is 0 Å². The van der Waals surface area contributed by atoms with Crippen molar-refractivity contribution in [3.8, 4) is 5.75 Å². The van der Waals surface area contributed by atoms with Gasteiger partial charge in [-0.15, -0.1) is 0 Å². The van der Waals surface area contributed by atoms with E-state index in [1.165, 1.54) is 0 Å². The van der Waals surface area contributed by atoms with Gasteiger partial charge in [0.15, 0.2) is 10.9 Å². The van der Waals surface area contributed by atoms with E-state index in [0.717, 1.165) is 24.0 Å². The highest BCUT2D eigenvalue weighted by Crippen LogP contribution is 2.34. The highest BCUT2D eigenvalue weighted by Gasteiger charge is 2.45. The lowest BCUT2D eigenvalue weighted by molar-refractivity contribution is -0.0694. The maximum Gasteiger partial charge on any atom is 0.184 e. The smallest absolute Gasteiger partial charge is 0.184 e. The van der Waals surface area contributed by atoms with E-state index >= 15 is 0 Å². The number of aliphatic hydroxyl groups is 1. The minimum atomic E-state index is -0.907. The summed E-state index contributed by atoms with van der Waals surface area (Å²) in [4.78, 5) is 6.28. The molecule has 1 aromatic carbocycles. The molecule has 0 bridgehead atoms. The first-order valence-electron chi connectivity index (χ1n) is 5.63. The highest BCUT2D eigenvalue weighted by atomic mass is 32.2. The first-order chi connectivity index (χ1) is 8.28. The summed E-state index contributed by atoms with van der Waals surface area (Å²) in [6.45, 7) is 1.84. The van der Waals surface area contributed by atoms with Crippen molar-refractivity contribution >= 4 is 16.9 Å². The lowest BCUT2D eigenvalue weighted by Gasteiger charge is -2.31. The van der Waals surface area contributed by atoms with E-state index in [-0.39, 0.29) is 6.61 Å². The Morgan fingerprint density at radius 1 is 1.41 bits per heavy atom. The first-order valence-corrected chi connectivity index (χ1v) is 6.62. The van der Waals surface area contributed by atoms with Gasteiger partial charge in [0.05, 0.1) is 12.3 Å². The predicted octanol–water partition coefficient (Wildman–Crippen LogP) is 1.17. The molecule has 1 atom stereocenters. The van der Waals surface area contributed by atoms with Crippen LogP contribution in [0.3, 0.4) is 0 Å². The predicted molar refractivity (Wildman–Crippen MR) is 68.4 cm³/mol. The normalized spacial score (nSPS) is 26.9. The molecule has 3 rings (SSSR count). The molecule has 2 aliphatic rings. The molecule has 1 aromatic rings. The van der Waals surface area contributed by atoms with Crippen LogP contribution < -0.4 is 4.74 Å². The van der Waals surface area contributed by atoms with E-state index < -0.39 is 5.72 Å². The van der Waals surface area contributed by atoms with Crippen molar-refractivity contribution in [2.24, 2.45) is 4.99 Å². The molecule has 17 heavy (non-hydrogen) atoms. The quantitative estimate of drug-likeness (QED) is 0.874. The van der Waals surface area contributed by atoms with Crippen LogP contribution in [0.25, 0.3) is 0 Å². The Labute approximate surface area is 104 Å². The van der Waals surface area contributed by atoms with Crippen molar-refractivity contribution in [2.45, 2.75) is 5.72 Å². The van der Waals surface area contributed by atoms with E-state index in [1.807, 2.05) is 35.2 Å². The topological polar surface area (TPSA) is 45.1 Å². The summed E-state index contributed by atoms with van der Waals surface area (Å²) in [5, 5.41) is 11.5. The maximum absolute atomic E-state index is 10.5. The Hall–Kier alpha value is -1.20. The number of thioether (sulfide) groups is 1. The second-order valence-corrected chi connectivity index (χ2v) is 5.13. The van der Waals surface area contributed by atoms with Gasteiger partial charge in [-0.05, 0) is 12.1 Å². The van der Waals surface area contributed by atoms with Crippen LogP contribution in [0.4, 0.5) is 0 Å². The van der Waals surface area contributed by atoms with Gasteiger partial charge in [0, 0.05) is 6.54 Å². The number of fused-ring (bicyclic) bond motifs is 1. The monoisotopic (exact) mass is 250 g/mol. The van der Waals surface area contributed by atoms with Gasteiger partial charge in [-0.25, -0.2) is 0 Å². The zero-order valence-electron chi connectivity index (χ0n) is 9.37. The Bertz CT molecular complexity index is 437. The molecule has 0 saturated carbocycles. The molecular formula is C12H14N2O2S. The van der Waals surface area contributed by atoms with Gasteiger partial charge in [-0.3, -0.25) is 4.99 Å². The highest BCUT2D eigenvalue weighted by molar-refractivity contribution is 8.14. The van der Waals surface area contributed by atoms with E-state index in [2.05, 4.69) is 4.99 Å². The fourth-order valence-electron chi connectivity index (χ4n) is 2.03. The Balaban J connectivity index is 1.67. The van der Waals surface area contributed by atoms with Crippen LogP contribution >= 0.6 is 11.8 Å². The van der Waals surface area contributed by atoms with Gasteiger partial charge in [0.1, 0.15) is 12.4 Å². The molecule has 4 nitrogen and oxygen atoms in total. The number of benzene rings is 1.